The summed E-state index contributed by atoms with van der Waals surface area (Å²) < 4.78 is 2.07. The topological polar surface area (TPSA) is 69.6 Å². The molecule has 2 rings (SSSR count). The number of pyridine rings is 1. The van der Waals surface area contributed by atoms with Gasteiger partial charge in [0.2, 0.25) is 0 Å². The summed E-state index contributed by atoms with van der Waals surface area (Å²) >= 11 is 0. The van der Waals surface area contributed by atoms with Gasteiger partial charge in [-0.05, 0) is 32.0 Å². The molecule has 16 heavy (non-hydrogen) atoms. The van der Waals surface area contributed by atoms with Crippen molar-refractivity contribution in [3.05, 3.63) is 30.4 Å². The normalized spacial score (nSPS) is 10.6. The zero-order valence-corrected chi connectivity index (χ0v) is 9.30. The van der Waals surface area contributed by atoms with Crippen LogP contribution in [0.25, 0.3) is 11.4 Å². The molecule has 0 fully saturated rings. The van der Waals surface area contributed by atoms with Crippen LogP contribution in [0.2, 0.25) is 0 Å². The SMILES string of the molecule is Cc1nnc(-c2cccnc2)n1CCCN. The molecule has 0 aromatic carbocycles. The van der Waals surface area contributed by atoms with E-state index in [2.05, 4.69) is 19.7 Å². The highest BCUT2D eigenvalue weighted by atomic mass is 15.3. The molecule has 0 saturated carbocycles. The van der Waals surface area contributed by atoms with E-state index >= 15 is 0 Å². The van der Waals surface area contributed by atoms with Gasteiger partial charge in [0, 0.05) is 24.5 Å². The van der Waals surface area contributed by atoms with E-state index in [1.807, 2.05) is 19.1 Å². The van der Waals surface area contributed by atoms with Crippen LogP contribution >= 0.6 is 0 Å². The monoisotopic (exact) mass is 217 g/mol. The Balaban J connectivity index is 2.34. The van der Waals surface area contributed by atoms with E-state index < -0.39 is 0 Å². The first-order valence-electron chi connectivity index (χ1n) is 5.33. The second-order valence-corrected chi connectivity index (χ2v) is 3.61. The van der Waals surface area contributed by atoms with Crippen LogP contribution in [-0.4, -0.2) is 26.3 Å². The van der Waals surface area contributed by atoms with Crippen molar-refractivity contribution < 1.29 is 0 Å². The van der Waals surface area contributed by atoms with Gasteiger partial charge in [-0.2, -0.15) is 0 Å². The zero-order valence-electron chi connectivity index (χ0n) is 9.30. The average Bonchev–Trinajstić information content (AvgIpc) is 2.69. The van der Waals surface area contributed by atoms with Crippen molar-refractivity contribution in [1.29, 1.82) is 0 Å². The molecule has 2 aromatic rings. The highest BCUT2D eigenvalue weighted by Crippen LogP contribution is 2.16. The molecule has 0 bridgehead atoms. The summed E-state index contributed by atoms with van der Waals surface area (Å²) in [6.45, 7) is 3.47. The van der Waals surface area contributed by atoms with Gasteiger partial charge in [-0.25, -0.2) is 0 Å². The zero-order chi connectivity index (χ0) is 11.4. The molecule has 0 aliphatic rings. The predicted octanol–water partition coefficient (Wildman–Crippen LogP) is 0.997. The Hall–Kier alpha value is -1.75. The first-order valence-corrected chi connectivity index (χ1v) is 5.33. The van der Waals surface area contributed by atoms with Crippen molar-refractivity contribution >= 4 is 0 Å². The highest BCUT2D eigenvalue weighted by Gasteiger charge is 2.09. The van der Waals surface area contributed by atoms with Crippen LogP contribution in [0.5, 0.6) is 0 Å². The second-order valence-electron chi connectivity index (χ2n) is 3.61. The molecule has 0 radical (unpaired) electrons. The van der Waals surface area contributed by atoms with Crippen molar-refractivity contribution in [1.82, 2.24) is 19.7 Å². The number of rotatable bonds is 4. The summed E-state index contributed by atoms with van der Waals surface area (Å²) in [6.07, 6.45) is 4.46. The molecule has 2 N–H and O–H groups in total. The van der Waals surface area contributed by atoms with Crippen LogP contribution in [0, 0.1) is 6.92 Å². The molecule has 0 aliphatic heterocycles. The molecule has 84 valence electrons. The van der Waals surface area contributed by atoms with Crippen LogP contribution in [-0.2, 0) is 6.54 Å². The van der Waals surface area contributed by atoms with Crippen molar-refractivity contribution in [3.63, 3.8) is 0 Å². The molecule has 0 amide bonds. The molecule has 0 atom stereocenters. The first-order chi connectivity index (χ1) is 7.83. The van der Waals surface area contributed by atoms with Gasteiger partial charge in [0.15, 0.2) is 5.82 Å². The van der Waals surface area contributed by atoms with E-state index in [0.29, 0.717) is 6.54 Å². The Bertz CT molecular complexity index is 449. The lowest BCUT2D eigenvalue weighted by Gasteiger charge is -2.07. The van der Waals surface area contributed by atoms with Gasteiger partial charge in [-0.1, -0.05) is 0 Å². The quantitative estimate of drug-likeness (QED) is 0.829. The first kappa shape index (κ1) is 10.8. The maximum Gasteiger partial charge on any atom is 0.165 e. The molecular weight excluding hydrogens is 202 g/mol. The smallest absolute Gasteiger partial charge is 0.165 e. The molecule has 0 aliphatic carbocycles. The summed E-state index contributed by atoms with van der Waals surface area (Å²) in [5.74, 6) is 1.77. The molecule has 2 heterocycles. The lowest BCUT2D eigenvalue weighted by molar-refractivity contribution is 0.637. The largest absolute Gasteiger partial charge is 0.330 e. The van der Waals surface area contributed by atoms with Crippen molar-refractivity contribution in [2.75, 3.05) is 6.54 Å². The Morgan fingerprint density at radius 2 is 2.25 bits per heavy atom. The van der Waals surface area contributed by atoms with Gasteiger partial charge in [0.1, 0.15) is 5.82 Å². The summed E-state index contributed by atoms with van der Waals surface area (Å²) in [5, 5.41) is 8.26. The fourth-order valence-electron chi connectivity index (χ4n) is 1.61. The number of hydrogen-bond acceptors (Lipinski definition) is 4. The van der Waals surface area contributed by atoms with Crippen LogP contribution < -0.4 is 5.73 Å². The molecule has 2 aromatic heterocycles. The molecule has 0 saturated heterocycles. The second kappa shape index (κ2) is 4.85. The minimum Gasteiger partial charge on any atom is -0.330 e. The minimum absolute atomic E-state index is 0.671. The number of hydrogen-bond donors (Lipinski definition) is 1. The van der Waals surface area contributed by atoms with E-state index in [9.17, 15) is 0 Å². The third kappa shape index (κ3) is 2.09. The van der Waals surface area contributed by atoms with E-state index in [0.717, 1.165) is 30.2 Å². The van der Waals surface area contributed by atoms with Crippen LogP contribution in [0.3, 0.4) is 0 Å². The van der Waals surface area contributed by atoms with E-state index in [4.69, 9.17) is 5.73 Å². The lowest BCUT2D eigenvalue weighted by atomic mass is 10.2. The molecule has 5 nitrogen and oxygen atoms in total. The molecular formula is C11H15N5. The minimum atomic E-state index is 0.671. The number of aryl methyl sites for hydroxylation is 1. The van der Waals surface area contributed by atoms with Gasteiger partial charge in [0.25, 0.3) is 0 Å². The van der Waals surface area contributed by atoms with Gasteiger partial charge >= 0.3 is 0 Å². The van der Waals surface area contributed by atoms with Gasteiger partial charge < -0.3 is 10.3 Å². The van der Waals surface area contributed by atoms with E-state index in [1.54, 1.807) is 12.4 Å². The van der Waals surface area contributed by atoms with Crippen LogP contribution in [0.4, 0.5) is 0 Å². The standard InChI is InChI=1S/C11H15N5/c1-9-14-15-11(16(9)7-3-5-12)10-4-2-6-13-8-10/h2,4,6,8H,3,5,7,12H2,1H3. The summed E-state index contributed by atoms with van der Waals surface area (Å²) in [6, 6.07) is 3.88. The van der Waals surface area contributed by atoms with Gasteiger partial charge in [-0.15, -0.1) is 10.2 Å². The van der Waals surface area contributed by atoms with Crippen molar-refractivity contribution in [3.8, 4) is 11.4 Å². The Labute approximate surface area is 94.3 Å². The highest BCUT2D eigenvalue weighted by molar-refractivity contribution is 5.53. The van der Waals surface area contributed by atoms with Crippen molar-refractivity contribution in [2.24, 2.45) is 5.73 Å². The molecule has 0 spiro atoms. The third-order valence-electron chi connectivity index (χ3n) is 2.44. The van der Waals surface area contributed by atoms with Gasteiger partial charge in [-0.3, -0.25) is 4.98 Å². The van der Waals surface area contributed by atoms with E-state index in [1.165, 1.54) is 0 Å². The summed E-state index contributed by atoms with van der Waals surface area (Å²) in [5.41, 5.74) is 6.50. The van der Waals surface area contributed by atoms with Crippen LogP contribution in [0.15, 0.2) is 24.5 Å². The Morgan fingerprint density at radius 3 is 2.94 bits per heavy atom. The maximum absolute atomic E-state index is 5.52. The van der Waals surface area contributed by atoms with Gasteiger partial charge in [0.05, 0.1) is 0 Å². The Kier molecular flexibility index (Phi) is 3.26. The third-order valence-corrected chi connectivity index (χ3v) is 2.44. The maximum atomic E-state index is 5.52. The van der Waals surface area contributed by atoms with Crippen LogP contribution in [0.1, 0.15) is 12.2 Å². The van der Waals surface area contributed by atoms with Crippen molar-refractivity contribution in [2.45, 2.75) is 19.9 Å². The number of nitrogens with two attached hydrogens (primary N) is 1. The average molecular weight is 217 g/mol. The fraction of sp³-hybridized carbons (Fsp3) is 0.364. The summed E-state index contributed by atoms with van der Waals surface area (Å²) in [4.78, 5) is 4.09. The van der Waals surface area contributed by atoms with E-state index in [-0.39, 0.29) is 0 Å². The molecule has 0 unspecified atom stereocenters. The lowest BCUT2D eigenvalue weighted by Crippen LogP contribution is -2.08. The number of nitrogens with zero attached hydrogens (tertiary/aromatic N) is 4. The Morgan fingerprint density at radius 1 is 1.38 bits per heavy atom. The summed E-state index contributed by atoms with van der Waals surface area (Å²) in [7, 11) is 0. The predicted molar refractivity (Wildman–Crippen MR) is 61.7 cm³/mol. The molecule has 5 heteroatoms. The number of aromatic nitrogens is 4. The fourth-order valence-corrected chi connectivity index (χ4v) is 1.61.